The molecule has 0 aliphatic heterocycles. The minimum atomic E-state index is -4.39. The van der Waals surface area contributed by atoms with Gasteiger partial charge in [0.25, 0.3) is 0 Å². The molecule has 5 nitrogen and oxygen atoms in total. The van der Waals surface area contributed by atoms with E-state index in [0.717, 1.165) is 18.7 Å². The summed E-state index contributed by atoms with van der Waals surface area (Å²) in [5.74, 6) is 0.292. The van der Waals surface area contributed by atoms with Gasteiger partial charge in [0.2, 0.25) is 5.91 Å². The normalized spacial score (nSPS) is 12.4. The van der Waals surface area contributed by atoms with Crippen molar-refractivity contribution in [3.05, 3.63) is 41.6 Å². The quantitative estimate of drug-likeness (QED) is 0.732. The van der Waals surface area contributed by atoms with E-state index in [1.165, 1.54) is 18.3 Å². The Hall–Kier alpha value is -2.35. The van der Waals surface area contributed by atoms with Crippen molar-refractivity contribution in [2.45, 2.75) is 32.9 Å². The summed E-state index contributed by atoms with van der Waals surface area (Å²) in [6.07, 6.45) is -2.26. The highest BCUT2D eigenvalue weighted by Gasteiger charge is 2.30. The van der Waals surface area contributed by atoms with Crippen molar-refractivity contribution in [3.8, 4) is 11.3 Å². The summed E-state index contributed by atoms with van der Waals surface area (Å²) in [5, 5.41) is 6.66. The number of aryl methyl sites for hydroxylation is 1. The second-order valence-electron chi connectivity index (χ2n) is 7.93. The number of benzene rings is 1. The van der Waals surface area contributed by atoms with Crippen LogP contribution < -0.4 is 5.32 Å². The number of alkyl halides is 3. The van der Waals surface area contributed by atoms with Crippen LogP contribution in [-0.4, -0.2) is 43.1 Å². The minimum absolute atomic E-state index is 0.0538. The molecule has 1 aromatic carbocycles. The van der Waals surface area contributed by atoms with Gasteiger partial charge >= 0.3 is 6.18 Å². The van der Waals surface area contributed by atoms with Crippen LogP contribution in [0.15, 0.2) is 35.0 Å². The first-order valence-electron chi connectivity index (χ1n) is 9.00. The van der Waals surface area contributed by atoms with E-state index in [4.69, 9.17) is 4.52 Å². The predicted octanol–water partition coefficient (Wildman–Crippen LogP) is 4.00. The van der Waals surface area contributed by atoms with Gasteiger partial charge in [0, 0.05) is 30.6 Å². The molecule has 1 aromatic heterocycles. The first-order valence-corrected chi connectivity index (χ1v) is 9.00. The van der Waals surface area contributed by atoms with Crippen molar-refractivity contribution in [1.29, 1.82) is 0 Å². The lowest BCUT2D eigenvalue weighted by molar-refractivity contribution is -0.137. The average molecular weight is 397 g/mol. The predicted molar refractivity (Wildman–Crippen MR) is 101 cm³/mol. The topological polar surface area (TPSA) is 58.4 Å². The molecule has 0 radical (unpaired) electrons. The summed E-state index contributed by atoms with van der Waals surface area (Å²) >= 11 is 0. The molecule has 0 bridgehead atoms. The van der Waals surface area contributed by atoms with Gasteiger partial charge in [-0.3, -0.25) is 4.79 Å². The van der Waals surface area contributed by atoms with Crippen molar-refractivity contribution in [1.82, 2.24) is 15.4 Å². The van der Waals surface area contributed by atoms with Crippen LogP contribution in [0, 0.1) is 5.41 Å². The number of nitrogens with zero attached hydrogens (tertiary/aromatic N) is 2. The Morgan fingerprint density at radius 2 is 1.82 bits per heavy atom. The molecular formula is C20H26F3N3O2. The fraction of sp³-hybridized carbons (Fsp3) is 0.500. The molecule has 0 fully saturated rings. The van der Waals surface area contributed by atoms with Gasteiger partial charge in [0.1, 0.15) is 0 Å². The molecule has 0 aliphatic carbocycles. The molecule has 28 heavy (non-hydrogen) atoms. The van der Waals surface area contributed by atoms with Crippen LogP contribution in [0.2, 0.25) is 0 Å². The summed E-state index contributed by atoms with van der Waals surface area (Å²) in [6.45, 7) is 5.56. The maximum atomic E-state index is 12.7. The third-order valence-corrected chi connectivity index (χ3v) is 4.25. The molecule has 0 unspecified atom stereocenters. The number of nitrogens with one attached hydrogen (secondary N) is 1. The van der Waals surface area contributed by atoms with Gasteiger partial charge in [0.05, 0.1) is 11.8 Å². The number of hydrogen-bond donors (Lipinski definition) is 1. The van der Waals surface area contributed by atoms with Crippen molar-refractivity contribution >= 4 is 5.91 Å². The lowest BCUT2D eigenvalue weighted by Gasteiger charge is -2.28. The van der Waals surface area contributed by atoms with Crippen LogP contribution in [0.5, 0.6) is 0 Å². The molecule has 0 spiro atoms. The Morgan fingerprint density at radius 3 is 2.39 bits per heavy atom. The van der Waals surface area contributed by atoms with Gasteiger partial charge in [0.15, 0.2) is 5.76 Å². The second-order valence-corrected chi connectivity index (χ2v) is 7.93. The van der Waals surface area contributed by atoms with Crippen molar-refractivity contribution < 1.29 is 22.5 Å². The summed E-state index contributed by atoms with van der Waals surface area (Å²) in [6, 6.07) is 4.69. The van der Waals surface area contributed by atoms with Crippen LogP contribution in [0.25, 0.3) is 11.3 Å². The van der Waals surface area contributed by atoms with E-state index in [0.29, 0.717) is 29.9 Å². The van der Waals surface area contributed by atoms with E-state index in [1.54, 1.807) is 0 Å². The lowest BCUT2D eigenvalue weighted by atomic mass is 9.93. The largest absolute Gasteiger partial charge is 0.416 e. The Morgan fingerprint density at radius 1 is 1.18 bits per heavy atom. The van der Waals surface area contributed by atoms with Crippen LogP contribution in [0.3, 0.4) is 0 Å². The van der Waals surface area contributed by atoms with Gasteiger partial charge in [-0.15, -0.1) is 0 Å². The van der Waals surface area contributed by atoms with Crippen molar-refractivity contribution in [3.63, 3.8) is 0 Å². The van der Waals surface area contributed by atoms with Gasteiger partial charge in [-0.25, -0.2) is 0 Å². The molecule has 0 atom stereocenters. The average Bonchev–Trinajstić information content (AvgIpc) is 3.05. The van der Waals surface area contributed by atoms with E-state index in [-0.39, 0.29) is 17.7 Å². The SMILES string of the molecule is CN(C)CC(C)(C)CNC(=O)CCc1cnoc1-c1ccc(C(F)(F)F)cc1. The van der Waals surface area contributed by atoms with Gasteiger partial charge < -0.3 is 14.7 Å². The maximum Gasteiger partial charge on any atom is 0.416 e. The molecular weight excluding hydrogens is 371 g/mol. The highest BCUT2D eigenvalue weighted by molar-refractivity contribution is 5.76. The number of hydrogen-bond acceptors (Lipinski definition) is 4. The number of amides is 1. The summed E-state index contributed by atoms with van der Waals surface area (Å²) in [7, 11) is 3.97. The zero-order valence-electron chi connectivity index (χ0n) is 16.6. The van der Waals surface area contributed by atoms with Crippen LogP contribution in [-0.2, 0) is 17.4 Å². The Kier molecular flexibility index (Phi) is 6.87. The molecule has 2 aromatic rings. The number of halogens is 3. The molecule has 2 rings (SSSR count). The van der Waals surface area contributed by atoms with Crippen LogP contribution in [0.1, 0.15) is 31.4 Å². The second kappa shape index (κ2) is 8.77. The molecule has 0 saturated carbocycles. The highest BCUT2D eigenvalue weighted by atomic mass is 19.4. The summed E-state index contributed by atoms with van der Waals surface area (Å²) < 4.78 is 43.3. The number of carbonyl (C=O) groups is 1. The first-order chi connectivity index (χ1) is 13.0. The van der Waals surface area contributed by atoms with E-state index >= 15 is 0 Å². The van der Waals surface area contributed by atoms with Crippen molar-refractivity contribution in [2.24, 2.45) is 5.41 Å². The minimum Gasteiger partial charge on any atom is -0.356 e. The van der Waals surface area contributed by atoms with Crippen LogP contribution in [0.4, 0.5) is 13.2 Å². The molecule has 154 valence electrons. The van der Waals surface area contributed by atoms with E-state index in [1.807, 2.05) is 14.1 Å². The highest BCUT2D eigenvalue weighted by Crippen LogP contribution is 2.32. The third kappa shape index (κ3) is 6.37. The fourth-order valence-electron chi connectivity index (χ4n) is 3.07. The zero-order chi connectivity index (χ0) is 20.9. The molecule has 0 aliphatic rings. The summed E-state index contributed by atoms with van der Waals surface area (Å²) in [5.41, 5.74) is 0.398. The zero-order valence-corrected chi connectivity index (χ0v) is 16.6. The number of rotatable bonds is 8. The van der Waals surface area contributed by atoms with E-state index in [2.05, 4.69) is 29.2 Å². The van der Waals surface area contributed by atoms with Gasteiger partial charge in [-0.1, -0.05) is 31.1 Å². The summed E-state index contributed by atoms with van der Waals surface area (Å²) in [4.78, 5) is 14.2. The van der Waals surface area contributed by atoms with Gasteiger partial charge in [-0.05, 0) is 38.1 Å². The molecule has 1 N–H and O–H groups in total. The van der Waals surface area contributed by atoms with Crippen molar-refractivity contribution in [2.75, 3.05) is 27.2 Å². The molecule has 0 saturated heterocycles. The van der Waals surface area contributed by atoms with E-state index in [9.17, 15) is 18.0 Å². The first kappa shape index (κ1) is 21.9. The number of carbonyl (C=O) groups excluding carboxylic acids is 1. The monoisotopic (exact) mass is 397 g/mol. The third-order valence-electron chi connectivity index (χ3n) is 4.25. The Labute approximate surface area is 162 Å². The van der Waals surface area contributed by atoms with E-state index < -0.39 is 11.7 Å². The Balaban J connectivity index is 1.95. The Bertz CT molecular complexity index is 781. The lowest BCUT2D eigenvalue weighted by Crippen LogP contribution is -2.40. The maximum absolute atomic E-state index is 12.7. The standard InChI is InChI=1S/C20H26F3N3O2/c1-19(2,13-26(3)4)12-24-17(27)10-7-15-11-25-28-18(15)14-5-8-16(9-6-14)20(21,22)23/h5-6,8-9,11H,7,10,12-13H2,1-4H3,(H,24,27). The molecule has 1 amide bonds. The fourth-order valence-corrected chi connectivity index (χ4v) is 3.07. The molecule has 1 heterocycles. The molecule has 8 heteroatoms. The van der Waals surface area contributed by atoms with Crippen LogP contribution >= 0.6 is 0 Å². The smallest absolute Gasteiger partial charge is 0.356 e. The van der Waals surface area contributed by atoms with Gasteiger partial charge in [-0.2, -0.15) is 13.2 Å². The number of aromatic nitrogens is 1.